The highest BCUT2D eigenvalue weighted by Gasteiger charge is 2.23. The summed E-state index contributed by atoms with van der Waals surface area (Å²) in [6.45, 7) is 7.83. The van der Waals surface area contributed by atoms with Crippen molar-refractivity contribution in [3.05, 3.63) is 11.8 Å². The minimum atomic E-state index is -0.724. The molecule has 1 unspecified atom stereocenters. The zero-order valence-electron chi connectivity index (χ0n) is 9.98. The van der Waals surface area contributed by atoms with E-state index in [1.165, 1.54) is 0 Å². The van der Waals surface area contributed by atoms with Crippen molar-refractivity contribution in [1.82, 2.24) is 15.1 Å². The Morgan fingerprint density at radius 1 is 1.47 bits per heavy atom. The molecule has 0 saturated heterocycles. The van der Waals surface area contributed by atoms with Gasteiger partial charge in [0.1, 0.15) is 0 Å². The number of aromatic nitrogens is 2. The molecule has 86 valence electrons. The van der Waals surface area contributed by atoms with E-state index in [0.717, 1.165) is 0 Å². The van der Waals surface area contributed by atoms with Gasteiger partial charge in [0.15, 0.2) is 0 Å². The van der Waals surface area contributed by atoms with Crippen LogP contribution in [0.2, 0.25) is 0 Å². The largest absolute Gasteiger partial charge is 0.424 e. The van der Waals surface area contributed by atoms with Crippen LogP contribution in [0.15, 0.2) is 4.42 Å². The standard InChI is InChI=1S/C10H19N3O2/c1-7(9-12-11-8(2)15-9)13(5)6-10(3,4)14/h7,14H,6H2,1-5H3. The first-order valence-corrected chi connectivity index (χ1v) is 5.02. The number of rotatable bonds is 4. The molecule has 0 bridgehead atoms. The summed E-state index contributed by atoms with van der Waals surface area (Å²) < 4.78 is 5.34. The van der Waals surface area contributed by atoms with Gasteiger partial charge in [-0.05, 0) is 27.8 Å². The normalized spacial score (nSPS) is 14.6. The molecule has 0 aliphatic carbocycles. The molecule has 0 aromatic carbocycles. The minimum Gasteiger partial charge on any atom is -0.424 e. The third kappa shape index (κ3) is 3.60. The van der Waals surface area contributed by atoms with Crippen LogP contribution in [0.1, 0.15) is 38.6 Å². The third-order valence-corrected chi connectivity index (χ3v) is 2.20. The molecular formula is C10H19N3O2. The monoisotopic (exact) mass is 213 g/mol. The van der Waals surface area contributed by atoms with Crippen molar-refractivity contribution in [3.8, 4) is 0 Å². The average molecular weight is 213 g/mol. The Labute approximate surface area is 90.1 Å². The molecule has 1 N–H and O–H groups in total. The highest BCUT2D eigenvalue weighted by atomic mass is 16.4. The van der Waals surface area contributed by atoms with Crippen molar-refractivity contribution in [3.63, 3.8) is 0 Å². The van der Waals surface area contributed by atoms with Gasteiger partial charge in [0.05, 0.1) is 11.6 Å². The van der Waals surface area contributed by atoms with E-state index in [4.69, 9.17) is 4.42 Å². The van der Waals surface area contributed by atoms with Crippen molar-refractivity contribution in [2.24, 2.45) is 0 Å². The molecule has 1 rings (SSSR count). The zero-order valence-corrected chi connectivity index (χ0v) is 9.98. The van der Waals surface area contributed by atoms with E-state index in [1.807, 2.05) is 18.9 Å². The maximum atomic E-state index is 9.68. The predicted octanol–water partition coefficient (Wildman–Crippen LogP) is 1.14. The number of hydrogen-bond acceptors (Lipinski definition) is 5. The zero-order chi connectivity index (χ0) is 11.6. The minimum absolute atomic E-state index is 0.0117. The van der Waals surface area contributed by atoms with Crippen molar-refractivity contribution < 1.29 is 9.52 Å². The van der Waals surface area contributed by atoms with Crippen LogP contribution < -0.4 is 0 Å². The maximum absolute atomic E-state index is 9.68. The Hall–Kier alpha value is -0.940. The second kappa shape index (κ2) is 4.28. The van der Waals surface area contributed by atoms with Crippen LogP contribution in [-0.4, -0.2) is 39.4 Å². The number of likely N-dealkylation sites (N-methyl/N-ethyl adjacent to an activating group) is 1. The first-order chi connectivity index (χ1) is 6.79. The molecule has 5 heteroatoms. The lowest BCUT2D eigenvalue weighted by Crippen LogP contribution is -2.37. The Morgan fingerprint density at radius 3 is 2.47 bits per heavy atom. The van der Waals surface area contributed by atoms with Crippen molar-refractivity contribution in [1.29, 1.82) is 0 Å². The summed E-state index contributed by atoms with van der Waals surface area (Å²) in [5, 5.41) is 17.4. The number of hydrogen-bond donors (Lipinski definition) is 1. The molecule has 0 saturated carbocycles. The molecule has 0 amide bonds. The lowest BCUT2D eigenvalue weighted by Gasteiger charge is -2.28. The van der Waals surface area contributed by atoms with Gasteiger partial charge in [-0.2, -0.15) is 0 Å². The number of aliphatic hydroxyl groups is 1. The van der Waals surface area contributed by atoms with Gasteiger partial charge in [-0.15, -0.1) is 10.2 Å². The van der Waals surface area contributed by atoms with Gasteiger partial charge in [-0.1, -0.05) is 0 Å². The van der Waals surface area contributed by atoms with Crippen LogP contribution in [0.4, 0.5) is 0 Å². The molecule has 1 atom stereocenters. The second-order valence-electron chi connectivity index (χ2n) is 4.56. The van der Waals surface area contributed by atoms with Gasteiger partial charge in [0, 0.05) is 13.5 Å². The summed E-state index contributed by atoms with van der Waals surface area (Å²) >= 11 is 0. The molecule has 1 aromatic rings. The van der Waals surface area contributed by atoms with E-state index in [1.54, 1.807) is 20.8 Å². The molecule has 0 aliphatic heterocycles. The Morgan fingerprint density at radius 2 is 2.07 bits per heavy atom. The molecule has 0 aliphatic rings. The van der Waals surface area contributed by atoms with E-state index in [0.29, 0.717) is 18.3 Å². The fraction of sp³-hybridized carbons (Fsp3) is 0.800. The molecule has 1 aromatic heterocycles. The van der Waals surface area contributed by atoms with Gasteiger partial charge in [-0.3, -0.25) is 4.90 Å². The fourth-order valence-electron chi connectivity index (χ4n) is 1.42. The highest BCUT2D eigenvalue weighted by Crippen LogP contribution is 2.19. The topological polar surface area (TPSA) is 62.4 Å². The summed E-state index contributed by atoms with van der Waals surface area (Å²) in [5.74, 6) is 1.15. The summed E-state index contributed by atoms with van der Waals surface area (Å²) in [7, 11) is 1.92. The van der Waals surface area contributed by atoms with Crippen LogP contribution in [0, 0.1) is 6.92 Å². The summed E-state index contributed by atoms with van der Waals surface area (Å²) in [5.41, 5.74) is -0.724. The molecule has 0 fully saturated rings. The van der Waals surface area contributed by atoms with Crippen LogP contribution >= 0.6 is 0 Å². The summed E-state index contributed by atoms with van der Waals surface area (Å²) in [6, 6.07) is 0.0117. The highest BCUT2D eigenvalue weighted by molar-refractivity contribution is 4.88. The lowest BCUT2D eigenvalue weighted by molar-refractivity contribution is 0.0297. The second-order valence-corrected chi connectivity index (χ2v) is 4.56. The van der Waals surface area contributed by atoms with E-state index < -0.39 is 5.60 Å². The maximum Gasteiger partial charge on any atom is 0.233 e. The van der Waals surface area contributed by atoms with E-state index in [9.17, 15) is 5.11 Å². The Kier molecular flexibility index (Phi) is 3.46. The average Bonchev–Trinajstić information content (AvgIpc) is 2.47. The quantitative estimate of drug-likeness (QED) is 0.812. The smallest absolute Gasteiger partial charge is 0.233 e. The molecule has 1 heterocycles. The number of nitrogens with zero attached hydrogens (tertiary/aromatic N) is 3. The Balaban J connectivity index is 2.64. The molecule has 0 spiro atoms. The van der Waals surface area contributed by atoms with Crippen molar-refractivity contribution >= 4 is 0 Å². The van der Waals surface area contributed by atoms with Crippen LogP contribution in [-0.2, 0) is 0 Å². The summed E-state index contributed by atoms with van der Waals surface area (Å²) in [6.07, 6.45) is 0. The summed E-state index contributed by atoms with van der Waals surface area (Å²) in [4.78, 5) is 1.98. The van der Waals surface area contributed by atoms with E-state index in [-0.39, 0.29) is 6.04 Å². The first kappa shape index (κ1) is 12.1. The van der Waals surface area contributed by atoms with E-state index >= 15 is 0 Å². The van der Waals surface area contributed by atoms with Crippen LogP contribution in [0.3, 0.4) is 0 Å². The molecule has 5 nitrogen and oxygen atoms in total. The molecular weight excluding hydrogens is 194 g/mol. The van der Waals surface area contributed by atoms with Gasteiger partial charge >= 0.3 is 0 Å². The van der Waals surface area contributed by atoms with E-state index in [2.05, 4.69) is 10.2 Å². The van der Waals surface area contributed by atoms with Gasteiger partial charge < -0.3 is 9.52 Å². The molecule has 0 radical (unpaired) electrons. The van der Waals surface area contributed by atoms with Gasteiger partial charge in [-0.25, -0.2) is 0 Å². The van der Waals surface area contributed by atoms with Crippen LogP contribution in [0.25, 0.3) is 0 Å². The van der Waals surface area contributed by atoms with Crippen molar-refractivity contribution in [2.45, 2.75) is 39.3 Å². The predicted molar refractivity (Wildman–Crippen MR) is 56.4 cm³/mol. The van der Waals surface area contributed by atoms with Gasteiger partial charge in [0.25, 0.3) is 0 Å². The van der Waals surface area contributed by atoms with Crippen LogP contribution in [0.5, 0.6) is 0 Å². The Bertz CT molecular complexity index is 317. The van der Waals surface area contributed by atoms with Gasteiger partial charge in [0.2, 0.25) is 11.8 Å². The fourth-order valence-corrected chi connectivity index (χ4v) is 1.42. The lowest BCUT2D eigenvalue weighted by atomic mass is 10.1. The van der Waals surface area contributed by atoms with Crippen molar-refractivity contribution in [2.75, 3.05) is 13.6 Å². The first-order valence-electron chi connectivity index (χ1n) is 5.02. The SMILES string of the molecule is Cc1nnc(C(C)N(C)CC(C)(C)O)o1. The molecule has 15 heavy (non-hydrogen) atoms. The third-order valence-electron chi connectivity index (χ3n) is 2.20. The number of aryl methyl sites for hydroxylation is 1.